The Morgan fingerprint density at radius 3 is 1.28 bits per heavy atom. The van der Waals surface area contributed by atoms with Gasteiger partial charge in [-0.3, -0.25) is 57.9 Å². The molecule has 0 unspecified atom stereocenters. The smallest absolute Gasteiger partial charge is 0.326 e. The van der Waals surface area contributed by atoms with Crippen LogP contribution in [0.15, 0.2) is 70.6 Å². The Morgan fingerprint density at radius 2 is 0.855 bits per heavy atom. The van der Waals surface area contributed by atoms with E-state index in [2.05, 4.69) is 52.5 Å². The summed E-state index contributed by atoms with van der Waals surface area (Å²) in [4.78, 5) is 155. The topological polar surface area (TPSA) is 520 Å². The van der Waals surface area contributed by atoms with Gasteiger partial charge in [0.25, 0.3) is 0 Å². The summed E-state index contributed by atoms with van der Waals surface area (Å²) in [5, 5.41) is 59.2. The maximum absolute atomic E-state index is 14.3. The number of rotatable bonds is 38. The minimum Gasteiger partial charge on any atom is -0.481 e. The molecular weight excluding hydrogens is 1090 g/mol. The van der Waals surface area contributed by atoms with Crippen molar-refractivity contribution in [3.05, 3.63) is 71.8 Å². The lowest BCUT2D eigenvalue weighted by Crippen LogP contribution is -2.62. The van der Waals surface area contributed by atoms with Gasteiger partial charge in [-0.1, -0.05) is 94.8 Å². The van der Waals surface area contributed by atoms with Crippen molar-refractivity contribution in [3.8, 4) is 0 Å². The maximum Gasteiger partial charge on any atom is 0.326 e. The standard InChI is InChI=1S/C53H81N15O15/c1-5-29(4)42(68-48(79)38(26-41(72)73)64-44(75)34(22-28(2)3)62-43(74)32(54)18-12-20-59-52(55)56)50(81)66-36(24-31-16-10-7-11-17-31)46(77)67-39(27-69)49(80)65-37(25-40(70)71)47(78)63-35(23-30-14-8-6-9-15-30)45(76)61-33(51(82)83)19-13-21-60-53(57)58/h6-11,14-17,28-29,32-39,42,69H,5,12-13,18-27,54H2,1-4H3,(H,61,76)(H,62,74)(H,63,78)(H,64,75)(H,65,80)(H,66,81)(H,67,77)(H,68,79)(H,70,71)(H,72,73)(H,82,83)(H4,55,56,59)(H4,57,58,60)/t29-,32-,33-,34-,35-,36-,37-,38-,39-,42-/m0/s1. The van der Waals surface area contributed by atoms with E-state index in [-0.39, 0.29) is 75.9 Å². The lowest BCUT2D eigenvalue weighted by Gasteiger charge is -2.29. The molecule has 0 spiro atoms. The third-order valence-corrected chi connectivity index (χ3v) is 12.7. The van der Waals surface area contributed by atoms with Crippen molar-refractivity contribution in [3.63, 3.8) is 0 Å². The molecule has 0 heterocycles. The second-order valence-electron chi connectivity index (χ2n) is 20.0. The summed E-state index contributed by atoms with van der Waals surface area (Å²) in [7, 11) is 0. The quantitative estimate of drug-likeness (QED) is 0.0173. The summed E-state index contributed by atoms with van der Waals surface area (Å²) in [6.07, 6.45) is -1.86. The lowest BCUT2D eigenvalue weighted by atomic mass is 9.96. The van der Waals surface area contributed by atoms with Crippen LogP contribution < -0.4 is 71.2 Å². The number of aliphatic hydroxyl groups excluding tert-OH is 1. The third-order valence-electron chi connectivity index (χ3n) is 12.7. The zero-order valence-corrected chi connectivity index (χ0v) is 46.9. The summed E-state index contributed by atoms with van der Waals surface area (Å²) < 4.78 is 0. The number of amides is 8. The van der Waals surface area contributed by atoms with E-state index in [0.717, 1.165) is 0 Å². The van der Waals surface area contributed by atoms with Crippen molar-refractivity contribution >= 4 is 77.1 Å². The summed E-state index contributed by atoms with van der Waals surface area (Å²) >= 11 is 0. The molecule has 0 saturated heterocycles. The van der Waals surface area contributed by atoms with Crippen LogP contribution in [0.1, 0.15) is 90.2 Å². The number of nitrogens with one attached hydrogen (secondary N) is 8. The predicted molar refractivity (Wildman–Crippen MR) is 302 cm³/mol. The first-order valence-corrected chi connectivity index (χ1v) is 26.8. The molecule has 0 radical (unpaired) electrons. The van der Waals surface area contributed by atoms with Gasteiger partial charge in [-0.25, -0.2) is 4.79 Å². The van der Waals surface area contributed by atoms with Crippen molar-refractivity contribution < 1.29 is 73.2 Å². The predicted octanol–water partition coefficient (Wildman–Crippen LogP) is -4.10. The minimum absolute atomic E-state index is 0.0369. The molecule has 10 atom stereocenters. The Hall–Kier alpha value is -8.93. The Labute approximate surface area is 479 Å². The molecule has 30 heteroatoms. The zero-order valence-electron chi connectivity index (χ0n) is 46.9. The lowest BCUT2D eigenvalue weighted by molar-refractivity contribution is -0.143. The van der Waals surface area contributed by atoms with Gasteiger partial charge in [0, 0.05) is 25.9 Å². The highest BCUT2D eigenvalue weighted by atomic mass is 16.4. The van der Waals surface area contributed by atoms with Gasteiger partial charge in [-0.2, -0.15) is 0 Å². The first kappa shape index (κ1) is 70.2. The molecule has 30 nitrogen and oxygen atoms in total. The van der Waals surface area contributed by atoms with Gasteiger partial charge in [0.15, 0.2) is 11.9 Å². The molecule has 0 aliphatic carbocycles. The number of nitrogens with zero attached hydrogens (tertiary/aromatic N) is 2. The molecule has 2 rings (SSSR count). The molecule has 458 valence electrons. The van der Waals surface area contributed by atoms with Crippen LogP contribution >= 0.6 is 0 Å². The number of guanidine groups is 2. The molecule has 22 N–H and O–H groups in total. The van der Waals surface area contributed by atoms with Crippen LogP contribution in [0.5, 0.6) is 0 Å². The molecule has 8 amide bonds. The van der Waals surface area contributed by atoms with Crippen LogP contribution in [0.3, 0.4) is 0 Å². The number of aliphatic carboxylic acids is 3. The molecule has 0 aliphatic heterocycles. The Bertz CT molecular complexity index is 2570. The number of carbonyl (C=O) groups excluding carboxylic acids is 8. The van der Waals surface area contributed by atoms with E-state index in [1.54, 1.807) is 88.4 Å². The fourth-order valence-corrected chi connectivity index (χ4v) is 8.05. The Morgan fingerprint density at radius 1 is 0.482 bits per heavy atom. The van der Waals surface area contributed by atoms with Gasteiger partial charge < -0.3 is 91.6 Å². The van der Waals surface area contributed by atoms with Crippen molar-refractivity contribution in [2.75, 3.05) is 19.7 Å². The minimum atomic E-state index is -1.97. The first-order chi connectivity index (χ1) is 39.1. The second kappa shape index (κ2) is 36.4. The van der Waals surface area contributed by atoms with Crippen molar-refractivity contribution in [1.82, 2.24) is 42.5 Å². The molecule has 0 saturated carbocycles. The first-order valence-electron chi connectivity index (χ1n) is 26.8. The molecule has 2 aromatic carbocycles. The SMILES string of the molecule is CC[C@H](C)[C@H](NC(=O)[C@H](CC(=O)O)NC(=O)[C@H](CC(C)C)NC(=O)[C@@H](N)CCCN=C(N)N)C(=O)N[C@@H](Cc1ccccc1)C(=O)N[C@@H](CO)C(=O)N[C@@H](CC(=O)O)C(=O)N[C@@H](Cc1ccccc1)C(=O)N[C@@H](CCCN=C(N)N)C(=O)O. The van der Waals surface area contributed by atoms with Crippen molar-refractivity contribution in [1.29, 1.82) is 0 Å². The molecule has 0 bridgehead atoms. The van der Waals surface area contributed by atoms with E-state index in [1.807, 2.05) is 0 Å². The fourth-order valence-electron chi connectivity index (χ4n) is 8.05. The average Bonchev–Trinajstić information content (AvgIpc) is 3.43. The van der Waals surface area contributed by atoms with E-state index in [4.69, 9.17) is 28.7 Å². The van der Waals surface area contributed by atoms with Crippen LogP contribution in [0.4, 0.5) is 0 Å². The second-order valence-corrected chi connectivity index (χ2v) is 20.0. The summed E-state index contributed by atoms with van der Waals surface area (Å²) in [6, 6.07) is 2.03. The van der Waals surface area contributed by atoms with Crippen LogP contribution in [-0.4, -0.2) is 172 Å². The average molecular weight is 1170 g/mol. The number of carboxylic acids is 3. The van der Waals surface area contributed by atoms with E-state index in [1.165, 1.54) is 0 Å². The van der Waals surface area contributed by atoms with Gasteiger partial charge in [-0.05, 0) is 55.1 Å². The highest BCUT2D eigenvalue weighted by molar-refractivity contribution is 5.99. The molecule has 83 heavy (non-hydrogen) atoms. The molecule has 0 fully saturated rings. The number of aliphatic hydroxyl groups is 1. The molecule has 2 aromatic rings. The number of aliphatic imine (C=N–C) groups is 2. The Balaban J connectivity index is 2.43. The normalized spacial score (nSPS) is 14.5. The van der Waals surface area contributed by atoms with Crippen LogP contribution in [-0.2, 0) is 65.6 Å². The van der Waals surface area contributed by atoms with Crippen LogP contribution in [0, 0.1) is 11.8 Å². The molecule has 0 aliphatic rings. The number of hydrogen-bond donors (Lipinski definition) is 17. The third kappa shape index (κ3) is 26.9. The van der Waals surface area contributed by atoms with Crippen LogP contribution in [0.25, 0.3) is 0 Å². The maximum atomic E-state index is 14.3. The highest BCUT2D eigenvalue weighted by Crippen LogP contribution is 2.14. The van der Waals surface area contributed by atoms with Gasteiger partial charge >= 0.3 is 17.9 Å². The van der Waals surface area contributed by atoms with E-state index in [0.29, 0.717) is 17.5 Å². The number of nitrogens with two attached hydrogens (primary N) is 5. The summed E-state index contributed by atoms with van der Waals surface area (Å²) in [5.74, 6) is -14.2. The number of benzene rings is 2. The van der Waals surface area contributed by atoms with Gasteiger partial charge in [-0.15, -0.1) is 0 Å². The van der Waals surface area contributed by atoms with E-state index < -0.39 is 145 Å². The number of carboxylic acid groups (broad SMARTS) is 3. The zero-order chi connectivity index (χ0) is 62.3. The highest BCUT2D eigenvalue weighted by Gasteiger charge is 2.37. The summed E-state index contributed by atoms with van der Waals surface area (Å²) in [5.41, 5.74) is 28.4. The monoisotopic (exact) mass is 1170 g/mol. The summed E-state index contributed by atoms with van der Waals surface area (Å²) in [6.45, 7) is 5.81. The molecule has 0 aromatic heterocycles. The largest absolute Gasteiger partial charge is 0.481 e. The van der Waals surface area contributed by atoms with Gasteiger partial charge in [0.1, 0.15) is 48.3 Å². The van der Waals surface area contributed by atoms with E-state index in [9.17, 15) is 73.2 Å². The van der Waals surface area contributed by atoms with Crippen LogP contribution in [0.2, 0.25) is 0 Å². The van der Waals surface area contributed by atoms with Gasteiger partial charge in [0.2, 0.25) is 47.3 Å². The van der Waals surface area contributed by atoms with Crippen molar-refractivity contribution in [2.24, 2.45) is 50.5 Å². The fraction of sp³-hybridized carbons (Fsp3) is 0.528. The Kier molecular flexibility index (Phi) is 30.8. The molecular formula is C53H81N15O15. The van der Waals surface area contributed by atoms with Gasteiger partial charge in [0.05, 0.1) is 25.5 Å². The number of hydrogen-bond acceptors (Lipinski definition) is 15. The van der Waals surface area contributed by atoms with Crippen molar-refractivity contribution in [2.45, 2.75) is 146 Å². The number of carbonyl (C=O) groups is 11. The van der Waals surface area contributed by atoms with E-state index >= 15 is 0 Å².